The first kappa shape index (κ1) is 18.5. The molecule has 0 bridgehead atoms. The van der Waals surface area contributed by atoms with Crippen molar-refractivity contribution in [2.75, 3.05) is 19.6 Å². The van der Waals surface area contributed by atoms with Crippen LogP contribution in [0.4, 0.5) is 0 Å². The molecule has 1 amide bonds. The van der Waals surface area contributed by atoms with Crippen molar-refractivity contribution in [2.45, 2.75) is 33.2 Å². The van der Waals surface area contributed by atoms with Gasteiger partial charge in [-0.1, -0.05) is 15.9 Å². The first-order valence-corrected chi connectivity index (χ1v) is 8.21. The van der Waals surface area contributed by atoms with Crippen LogP contribution in [0.1, 0.15) is 38.1 Å². The molecule has 3 N–H and O–H groups in total. The van der Waals surface area contributed by atoms with Gasteiger partial charge in [-0.3, -0.25) is 9.79 Å². The van der Waals surface area contributed by atoms with Crippen molar-refractivity contribution in [2.24, 2.45) is 4.99 Å². The van der Waals surface area contributed by atoms with Gasteiger partial charge in [-0.05, 0) is 52.0 Å². The molecule has 0 aliphatic heterocycles. The Hall–Kier alpha value is -1.56. The number of nitrogens with zero attached hydrogens (tertiary/aromatic N) is 1. The van der Waals surface area contributed by atoms with Crippen molar-refractivity contribution in [3.05, 3.63) is 34.3 Å². The normalized spacial score (nSPS) is 12.0. The summed E-state index contributed by atoms with van der Waals surface area (Å²) in [5.74, 6) is 0.671. The van der Waals surface area contributed by atoms with E-state index in [4.69, 9.17) is 0 Å². The fourth-order valence-corrected chi connectivity index (χ4v) is 1.97. The summed E-state index contributed by atoms with van der Waals surface area (Å²) in [5, 5.41) is 9.35. The van der Waals surface area contributed by atoms with Crippen molar-refractivity contribution < 1.29 is 4.79 Å². The largest absolute Gasteiger partial charge is 0.357 e. The van der Waals surface area contributed by atoms with E-state index in [2.05, 4.69) is 57.6 Å². The van der Waals surface area contributed by atoms with Crippen LogP contribution in [0.5, 0.6) is 0 Å². The highest BCUT2D eigenvalue weighted by molar-refractivity contribution is 9.10. The molecule has 1 aromatic rings. The number of amides is 1. The van der Waals surface area contributed by atoms with Crippen molar-refractivity contribution in [1.82, 2.24) is 16.0 Å². The molecule has 0 fully saturated rings. The Labute approximate surface area is 141 Å². The summed E-state index contributed by atoms with van der Waals surface area (Å²) >= 11 is 3.35. The number of hydrogen-bond acceptors (Lipinski definition) is 2. The van der Waals surface area contributed by atoms with E-state index in [9.17, 15) is 4.79 Å². The van der Waals surface area contributed by atoms with E-state index in [1.54, 1.807) is 12.1 Å². The first-order valence-electron chi connectivity index (χ1n) is 7.42. The van der Waals surface area contributed by atoms with E-state index < -0.39 is 0 Å². The summed E-state index contributed by atoms with van der Waals surface area (Å²) < 4.78 is 0.956. The quantitative estimate of drug-likeness (QED) is 0.425. The summed E-state index contributed by atoms with van der Waals surface area (Å²) in [5.41, 5.74) is 0.591. The second kappa shape index (κ2) is 8.78. The average Bonchev–Trinajstić information content (AvgIpc) is 2.42. The maximum atomic E-state index is 11.9. The Morgan fingerprint density at radius 3 is 2.36 bits per heavy atom. The molecule has 0 radical (unpaired) electrons. The summed E-state index contributed by atoms with van der Waals surface area (Å²) in [6.07, 6.45) is 0. The third-order valence-corrected chi connectivity index (χ3v) is 3.14. The van der Waals surface area contributed by atoms with Crippen LogP contribution in [-0.4, -0.2) is 37.0 Å². The van der Waals surface area contributed by atoms with Crippen LogP contribution < -0.4 is 16.0 Å². The van der Waals surface area contributed by atoms with Crippen LogP contribution in [-0.2, 0) is 0 Å². The third-order valence-electron chi connectivity index (χ3n) is 2.61. The molecule has 1 aromatic carbocycles. The highest BCUT2D eigenvalue weighted by atomic mass is 79.9. The van der Waals surface area contributed by atoms with Gasteiger partial charge in [0.15, 0.2) is 5.96 Å². The molecule has 22 heavy (non-hydrogen) atoms. The average molecular weight is 369 g/mol. The lowest BCUT2D eigenvalue weighted by Gasteiger charge is -2.23. The number of carbonyl (C=O) groups is 1. The predicted octanol–water partition coefficient (Wildman–Crippen LogP) is 2.53. The van der Waals surface area contributed by atoms with Gasteiger partial charge in [0.05, 0.1) is 6.54 Å². The van der Waals surface area contributed by atoms with Gasteiger partial charge in [-0.15, -0.1) is 0 Å². The molecular formula is C16H25BrN4O. The smallest absolute Gasteiger partial charge is 0.251 e. The molecule has 0 aromatic heterocycles. The highest BCUT2D eigenvalue weighted by Crippen LogP contribution is 2.10. The Bertz CT molecular complexity index is 506. The zero-order valence-corrected chi connectivity index (χ0v) is 15.3. The van der Waals surface area contributed by atoms with Gasteiger partial charge in [0.1, 0.15) is 0 Å². The molecule has 0 saturated heterocycles. The minimum atomic E-state index is -0.0866. The van der Waals surface area contributed by atoms with E-state index >= 15 is 0 Å². The van der Waals surface area contributed by atoms with Crippen molar-refractivity contribution in [1.29, 1.82) is 0 Å². The number of halogens is 1. The maximum Gasteiger partial charge on any atom is 0.251 e. The van der Waals surface area contributed by atoms with Gasteiger partial charge in [-0.25, -0.2) is 0 Å². The SMILES string of the molecule is CCNC(=NCCNC(=O)c1ccc(Br)cc1)NC(C)(C)C. The number of carbonyl (C=O) groups excluding carboxylic acids is 1. The molecule has 0 saturated carbocycles. The lowest BCUT2D eigenvalue weighted by molar-refractivity contribution is 0.0955. The molecular weight excluding hydrogens is 344 g/mol. The summed E-state index contributed by atoms with van der Waals surface area (Å²) in [4.78, 5) is 16.4. The fraction of sp³-hybridized carbons (Fsp3) is 0.500. The molecule has 6 heteroatoms. The molecule has 5 nitrogen and oxygen atoms in total. The van der Waals surface area contributed by atoms with Crippen molar-refractivity contribution >= 4 is 27.8 Å². The monoisotopic (exact) mass is 368 g/mol. The van der Waals surface area contributed by atoms with Gasteiger partial charge in [0, 0.05) is 28.7 Å². The third kappa shape index (κ3) is 7.45. The number of guanidine groups is 1. The standard InChI is InChI=1S/C16H25BrN4O/c1-5-18-15(21-16(2,3)4)20-11-10-19-14(22)12-6-8-13(17)9-7-12/h6-9H,5,10-11H2,1-4H3,(H,19,22)(H2,18,20,21). The van der Waals surface area contributed by atoms with Gasteiger partial charge in [0.2, 0.25) is 0 Å². The second-order valence-electron chi connectivity index (χ2n) is 5.90. The minimum absolute atomic E-state index is 0.0539. The topological polar surface area (TPSA) is 65.5 Å². The number of rotatable bonds is 5. The lowest BCUT2D eigenvalue weighted by atomic mass is 10.1. The first-order chi connectivity index (χ1) is 10.3. The Morgan fingerprint density at radius 1 is 1.18 bits per heavy atom. The van der Waals surface area contributed by atoms with Crippen LogP contribution in [0.2, 0.25) is 0 Å². The van der Waals surface area contributed by atoms with Crippen molar-refractivity contribution in [3.8, 4) is 0 Å². The molecule has 122 valence electrons. The Kier molecular flexibility index (Phi) is 7.38. The maximum absolute atomic E-state index is 11.9. The van der Waals surface area contributed by atoms with Crippen LogP contribution in [0.15, 0.2) is 33.7 Å². The molecule has 0 aliphatic carbocycles. The Balaban J connectivity index is 2.45. The highest BCUT2D eigenvalue weighted by Gasteiger charge is 2.11. The molecule has 0 atom stereocenters. The summed E-state index contributed by atoms with van der Waals surface area (Å²) in [6.45, 7) is 10.1. The van der Waals surface area contributed by atoms with Gasteiger partial charge in [-0.2, -0.15) is 0 Å². The second-order valence-corrected chi connectivity index (χ2v) is 6.81. The van der Waals surface area contributed by atoms with E-state index in [1.165, 1.54) is 0 Å². The Morgan fingerprint density at radius 2 is 1.82 bits per heavy atom. The van der Waals surface area contributed by atoms with Crippen LogP contribution in [0, 0.1) is 0 Å². The van der Waals surface area contributed by atoms with E-state index in [0.717, 1.165) is 17.0 Å². The molecule has 0 spiro atoms. The zero-order chi connectivity index (χ0) is 16.6. The molecule has 1 rings (SSSR count). The zero-order valence-electron chi connectivity index (χ0n) is 13.7. The van der Waals surface area contributed by atoms with E-state index in [0.29, 0.717) is 18.7 Å². The van der Waals surface area contributed by atoms with Crippen LogP contribution in [0.3, 0.4) is 0 Å². The number of aliphatic imine (C=N–C) groups is 1. The number of nitrogens with one attached hydrogen (secondary N) is 3. The molecule has 0 aliphatic rings. The van der Waals surface area contributed by atoms with Gasteiger partial charge >= 0.3 is 0 Å². The van der Waals surface area contributed by atoms with Crippen LogP contribution >= 0.6 is 15.9 Å². The number of hydrogen-bond donors (Lipinski definition) is 3. The van der Waals surface area contributed by atoms with E-state index in [-0.39, 0.29) is 11.4 Å². The van der Waals surface area contributed by atoms with Gasteiger partial charge in [0.25, 0.3) is 5.91 Å². The predicted molar refractivity (Wildman–Crippen MR) is 95.3 cm³/mol. The molecule has 0 unspecified atom stereocenters. The van der Waals surface area contributed by atoms with Crippen LogP contribution in [0.25, 0.3) is 0 Å². The molecule has 0 heterocycles. The summed E-state index contributed by atoms with van der Waals surface area (Å²) in [7, 11) is 0. The minimum Gasteiger partial charge on any atom is -0.357 e. The van der Waals surface area contributed by atoms with Crippen molar-refractivity contribution in [3.63, 3.8) is 0 Å². The fourth-order valence-electron chi connectivity index (χ4n) is 1.70. The lowest BCUT2D eigenvalue weighted by Crippen LogP contribution is -2.47. The van der Waals surface area contributed by atoms with Gasteiger partial charge < -0.3 is 16.0 Å². The summed E-state index contributed by atoms with van der Waals surface area (Å²) in [6, 6.07) is 7.27. The number of benzene rings is 1. The van der Waals surface area contributed by atoms with E-state index in [1.807, 2.05) is 19.1 Å².